The molecule has 7 heteroatoms. The lowest BCUT2D eigenvalue weighted by Crippen LogP contribution is -2.34. The molecule has 0 amide bonds. The first-order valence-electron chi connectivity index (χ1n) is 10.9. The van der Waals surface area contributed by atoms with Gasteiger partial charge in [0.25, 0.3) is 0 Å². The second-order valence-corrected chi connectivity index (χ2v) is 10.7. The molecule has 2 aromatic carbocycles. The molecule has 0 bridgehead atoms. The smallest absolute Gasteiger partial charge is 0.211 e. The highest BCUT2D eigenvalue weighted by molar-refractivity contribution is 7.88. The molecule has 3 aromatic heterocycles. The number of sulfonamides is 1. The summed E-state index contributed by atoms with van der Waals surface area (Å²) < 4.78 is 31.6. The summed E-state index contributed by atoms with van der Waals surface area (Å²) in [5.41, 5.74) is 7.48. The van der Waals surface area contributed by atoms with Gasteiger partial charge >= 0.3 is 0 Å². The first-order valence-corrected chi connectivity index (χ1v) is 12.8. The van der Waals surface area contributed by atoms with Crippen LogP contribution in [0.3, 0.4) is 0 Å². The van der Waals surface area contributed by atoms with Crippen LogP contribution in [0.25, 0.3) is 33.1 Å². The summed E-state index contributed by atoms with van der Waals surface area (Å²) in [5.74, 6) is 0.806. The second-order valence-electron chi connectivity index (χ2n) is 8.72. The number of furan rings is 1. The fourth-order valence-electron chi connectivity index (χ4n) is 4.72. The van der Waals surface area contributed by atoms with Crippen molar-refractivity contribution in [2.24, 2.45) is 0 Å². The predicted molar refractivity (Wildman–Crippen MR) is 130 cm³/mol. The fourth-order valence-corrected chi connectivity index (χ4v) is 5.50. The molecule has 6 rings (SSSR count). The van der Waals surface area contributed by atoms with E-state index >= 15 is 0 Å². The summed E-state index contributed by atoms with van der Waals surface area (Å²) >= 11 is 0. The first-order chi connectivity index (χ1) is 15.9. The van der Waals surface area contributed by atoms with Crippen LogP contribution in [0.4, 0.5) is 0 Å². The molecule has 0 aliphatic carbocycles. The number of benzene rings is 2. The Kier molecular flexibility index (Phi) is 4.64. The number of fused-ring (bicyclic) bond motifs is 4. The van der Waals surface area contributed by atoms with Gasteiger partial charge in [-0.3, -0.25) is 4.98 Å². The van der Waals surface area contributed by atoms with Crippen LogP contribution in [-0.4, -0.2) is 35.5 Å². The van der Waals surface area contributed by atoms with Crippen molar-refractivity contribution in [2.75, 3.05) is 12.8 Å². The quantitative estimate of drug-likeness (QED) is 0.417. The number of nitrogens with zero attached hydrogens (tertiary/aromatic N) is 2. The molecule has 6 nitrogen and oxygen atoms in total. The molecule has 0 atom stereocenters. The molecule has 4 heterocycles. The van der Waals surface area contributed by atoms with E-state index < -0.39 is 10.0 Å². The van der Waals surface area contributed by atoms with E-state index in [9.17, 15) is 8.42 Å². The molecule has 1 aliphatic rings. The number of hydrogen-bond donors (Lipinski definition) is 1. The third-order valence-electron chi connectivity index (χ3n) is 6.42. The van der Waals surface area contributed by atoms with Crippen molar-refractivity contribution in [3.63, 3.8) is 0 Å². The topological polar surface area (TPSA) is 79.2 Å². The highest BCUT2D eigenvalue weighted by Gasteiger charge is 2.26. The van der Waals surface area contributed by atoms with Crippen molar-refractivity contribution in [2.45, 2.75) is 19.4 Å². The molecule has 0 fully saturated rings. The Balaban J connectivity index is 1.30. The summed E-state index contributed by atoms with van der Waals surface area (Å²) in [5, 5.41) is 2.18. The largest absolute Gasteiger partial charge is 0.464 e. The van der Waals surface area contributed by atoms with Crippen LogP contribution < -0.4 is 0 Å². The van der Waals surface area contributed by atoms with Gasteiger partial charge in [0.15, 0.2) is 0 Å². The minimum Gasteiger partial charge on any atom is -0.464 e. The number of aromatic nitrogens is 2. The van der Waals surface area contributed by atoms with Gasteiger partial charge in [0, 0.05) is 59.7 Å². The van der Waals surface area contributed by atoms with E-state index in [1.165, 1.54) is 11.8 Å². The van der Waals surface area contributed by atoms with Gasteiger partial charge in [0.05, 0.1) is 18.0 Å². The lowest BCUT2D eigenvalue weighted by molar-refractivity contribution is 0.395. The molecule has 1 aliphatic heterocycles. The Labute approximate surface area is 191 Å². The molecule has 0 spiro atoms. The molecule has 166 valence electrons. The number of hydrogen-bond acceptors (Lipinski definition) is 4. The van der Waals surface area contributed by atoms with Gasteiger partial charge in [-0.2, -0.15) is 4.31 Å². The SMILES string of the molecule is CS(=O)(=O)N1CCc2[nH]c3ccc(-c4cc(Cc5ccc6ncccc6c5)co4)cc3c2C1. The molecular formula is C26H23N3O3S. The Morgan fingerprint density at radius 1 is 1.09 bits per heavy atom. The maximum absolute atomic E-state index is 12.1. The van der Waals surface area contributed by atoms with E-state index in [0.717, 1.165) is 56.4 Å². The molecule has 0 saturated carbocycles. The van der Waals surface area contributed by atoms with Crippen molar-refractivity contribution in [3.8, 4) is 11.3 Å². The van der Waals surface area contributed by atoms with Crippen molar-refractivity contribution in [1.82, 2.24) is 14.3 Å². The van der Waals surface area contributed by atoms with Crippen molar-refractivity contribution in [3.05, 3.63) is 89.4 Å². The number of nitrogens with one attached hydrogen (secondary N) is 1. The van der Waals surface area contributed by atoms with E-state index in [1.54, 1.807) is 4.31 Å². The molecule has 0 radical (unpaired) electrons. The molecule has 0 saturated heterocycles. The summed E-state index contributed by atoms with van der Waals surface area (Å²) in [6.45, 7) is 0.912. The first kappa shape index (κ1) is 20.2. The Morgan fingerprint density at radius 3 is 2.88 bits per heavy atom. The third kappa shape index (κ3) is 3.73. The molecule has 33 heavy (non-hydrogen) atoms. The zero-order valence-electron chi connectivity index (χ0n) is 18.2. The van der Waals surface area contributed by atoms with Gasteiger partial charge in [-0.05, 0) is 59.2 Å². The zero-order chi connectivity index (χ0) is 22.6. The van der Waals surface area contributed by atoms with Gasteiger partial charge in [-0.25, -0.2) is 8.42 Å². The van der Waals surface area contributed by atoms with Crippen molar-refractivity contribution >= 4 is 31.8 Å². The molecule has 1 N–H and O–H groups in total. The molecule has 5 aromatic rings. The highest BCUT2D eigenvalue weighted by Crippen LogP contribution is 2.33. The Morgan fingerprint density at radius 2 is 2.00 bits per heavy atom. The van der Waals surface area contributed by atoms with Crippen LogP contribution in [0.15, 0.2) is 71.5 Å². The molecule has 0 unspecified atom stereocenters. The number of aromatic amines is 1. The van der Waals surface area contributed by atoms with Crippen molar-refractivity contribution in [1.29, 1.82) is 0 Å². The van der Waals surface area contributed by atoms with Crippen LogP contribution in [-0.2, 0) is 29.4 Å². The average Bonchev–Trinajstić information content (AvgIpc) is 3.42. The molecular weight excluding hydrogens is 434 g/mol. The number of rotatable bonds is 4. The maximum Gasteiger partial charge on any atom is 0.211 e. The van der Waals surface area contributed by atoms with E-state index in [2.05, 4.69) is 46.4 Å². The predicted octanol–water partition coefficient (Wildman–Crippen LogP) is 4.88. The Hall–Kier alpha value is -3.42. The van der Waals surface area contributed by atoms with Crippen LogP contribution in [0.2, 0.25) is 0 Å². The van der Waals surface area contributed by atoms with Gasteiger partial charge in [-0.15, -0.1) is 0 Å². The van der Waals surface area contributed by atoms with Crippen LogP contribution in [0.1, 0.15) is 22.4 Å². The fraction of sp³-hybridized carbons (Fsp3) is 0.192. The minimum absolute atomic E-state index is 0.401. The van der Waals surface area contributed by atoms with E-state index in [4.69, 9.17) is 4.42 Å². The summed E-state index contributed by atoms with van der Waals surface area (Å²) in [7, 11) is -3.22. The lowest BCUT2D eigenvalue weighted by Gasteiger charge is -2.24. The van der Waals surface area contributed by atoms with Crippen molar-refractivity contribution < 1.29 is 12.8 Å². The summed E-state index contributed by atoms with van der Waals surface area (Å²) in [6.07, 6.45) is 6.36. The van der Waals surface area contributed by atoms with E-state index in [0.29, 0.717) is 19.5 Å². The highest BCUT2D eigenvalue weighted by atomic mass is 32.2. The maximum atomic E-state index is 12.1. The van der Waals surface area contributed by atoms with Gasteiger partial charge in [-0.1, -0.05) is 12.1 Å². The van der Waals surface area contributed by atoms with E-state index in [1.807, 2.05) is 30.7 Å². The summed E-state index contributed by atoms with van der Waals surface area (Å²) in [4.78, 5) is 7.85. The second kappa shape index (κ2) is 7.57. The summed E-state index contributed by atoms with van der Waals surface area (Å²) in [6, 6.07) is 18.6. The third-order valence-corrected chi connectivity index (χ3v) is 7.67. The zero-order valence-corrected chi connectivity index (χ0v) is 19.0. The number of pyridine rings is 1. The lowest BCUT2D eigenvalue weighted by atomic mass is 10.0. The average molecular weight is 458 g/mol. The minimum atomic E-state index is -3.22. The normalized spacial score (nSPS) is 14.7. The number of H-pyrrole nitrogens is 1. The monoisotopic (exact) mass is 457 g/mol. The Bertz CT molecular complexity index is 1610. The van der Waals surface area contributed by atoms with Crippen LogP contribution >= 0.6 is 0 Å². The van der Waals surface area contributed by atoms with Gasteiger partial charge in [0.2, 0.25) is 10.0 Å². The van der Waals surface area contributed by atoms with Crippen LogP contribution in [0.5, 0.6) is 0 Å². The van der Waals surface area contributed by atoms with Gasteiger partial charge in [0.1, 0.15) is 5.76 Å². The standard InChI is InChI=1S/C26H23N3O3S/c1-33(30,31)29-10-8-25-22(15-29)21-14-20(5-7-24(21)28-25)26-13-18(16-32-26)11-17-4-6-23-19(12-17)3-2-9-27-23/h2-7,9,12-14,16,28H,8,10-11,15H2,1H3. The van der Waals surface area contributed by atoms with E-state index in [-0.39, 0.29) is 0 Å². The van der Waals surface area contributed by atoms with Crippen LogP contribution in [0, 0.1) is 0 Å². The van der Waals surface area contributed by atoms with Gasteiger partial charge < -0.3 is 9.40 Å².